The summed E-state index contributed by atoms with van der Waals surface area (Å²) in [4.78, 5) is 0. The van der Waals surface area contributed by atoms with Crippen LogP contribution in [0.3, 0.4) is 0 Å². The summed E-state index contributed by atoms with van der Waals surface area (Å²) in [5.74, 6) is 0.755. The van der Waals surface area contributed by atoms with Gasteiger partial charge in [0, 0.05) is 12.6 Å². The number of ether oxygens (including phenoxy) is 1. The Balaban J connectivity index is 1.85. The van der Waals surface area contributed by atoms with E-state index >= 15 is 0 Å². The lowest BCUT2D eigenvalue weighted by molar-refractivity contribution is 0.301. The molecule has 0 heterocycles. The van der Waals surface area contributed by atoms with E-state index in [-0.39, 0.29) is 6.61 Å². The minimum atomic E-state index is 0.103. The lowest BCUT2D eigenvalue weighted by Crippen LogP contribution is -2.31. The first-order valence-electron chi connectivity index (χ1n) is 7.46. The molecule has 1 aliphatic rings. The smallest absolute Gasteiger partial charge is 0.174 e. The van der Waals surface area contributed by atoms with Crippen molar-refractivity contribution < 1.29 is 4.74 Å². The fourth-order valence-corrected chi connectivity index (χ4v) is 2.89. The highest BCUT2D eigenvalue weighted by atomic mass is 16.5. The van der Waals surface area contributed by atoms with Gasteiger partial charge in [0.25, 0.3) is 0 Å². The fourth-order valence-electron chi connectivity index (χ4n) is 2.89. The van der Waals surface area contributed by atoms with Gasteiger partial charge < -0.3 is 10.1 Å². The molecule has 0 radical (unpaired) electrons. The second-order valence-corrected chi connectivity index (χ2v) is 6.14. The summed E-state index contributed by atoms with van der Waals surface area (Å²) in [6.07, 6.45) is 5.43. The highest BCUT2D eigenvalue weighted by Crippen LogP contribution is 2.37. The van der Waals surface area contributed by atoms with Crippen molar-refractivity contribution in [3.05, 3.63) is 29.8 Å². The van der Waals surface area contributed by atoms with E-state index in [0.717, 1.165) is 12.3 Å². The predicted molar refractivity (Wildman–Crippen MR) is 80.5 cm³/mol. The van der Waals surface area contributed by atoms with E-state index in [0.29, 0.717) is 11.5 Å². The van der Waals surface area contributed by atoms with Crippen LogP contribution in [0.25, 0.3) is 0 Å². The first-order valence-corrected chi connectivity index (χ1v) is 7.46. The van der Waals surface area contributed by atoms with Gasteiger partial charge in [-0.3, -0.25) is 0 Å². The minimum absolute atomic E-state index is 0.103. The molecule has 1 aliphatic carbocycles. The third-order valence-corrected chi connectivity index (χ3v) is 4.33. The molecule has 2 rings (SSSR count). The highest BCUT2D eigenvalue weighted by molar-refractivity contribution is 5.29. The Bertz CT molecular complexity index is 455. The first-order chi connectivity index (χ1) is 9.63. The molecule has 0 spiro atoms. The quantitative estimate of drug-likeness (QED) is 0.856. The molecular weight excluding hydrogens is 248 g/mol. The van der Waals surface area contributed by atoms with Crippen molar-refractivity contribution in [2.45, 2.75) is 45.6 Å². The summed E-state index contributed by atoms with van der Waals surface area (Å²) in [6, 6.07) is 10.3. The monoisotopic (exact) mass is 272 g/mol. The maximum Gasteiger partial charge on any atom is 0.174 e. The zero-order chi connectivity index (χ0) is 14.4. The van der Waals surface area contributed by atoms with Crippen LogP contribution >= 0.6 is 0 Å². The molecule has 0 saturated heterocycles. The largest absolute Gasteiger partial charge is 0.479 e. The van der Waals surface area contributed by atoms with Crippen LogP contribution in [-0.2, 0) is 0 Å². The van der Waals surface area contributed by atoms with Gasteiger partial charge in [0.2, 0.25) is 0 Å². The van der Waals surface area contributed by atoms with Crippen LogP contribution in [0.5, 0.6) is 5.75 Å². The average Bonchev–Trinajstić information content (AvgIpc) is 2.90. The van der Waals surface area contributed by atoms with Gasteiger partial charge in [0.1, 0.15) is 11.8 Å². The number of nitriles is 1. The minimum Gasteiger partial charge on any atom is -0.479 e. The summed E-state index contributed by atoms with van der Waals surface area (Å²) in [6.45, 7) is 5.77. The molecule has 1 unspecified atom stereocenters. The average molecular weight is 272 g/mol. The Morgan fingerprint density at radius 2 is 1.95 bits per heavy atom. The van der Waals surface area contributed by atoms with Gasteiger partial charge in [-0.1, -0.05) is 31.9 Å². The van der Waals surface area contributed by atoms with Crippen LogP contribution in [0.2, 0.25) is 0 Å². The SMILES string of the molecule is CC(NCC1(C)CCCC1)c1ccc(OCC#N)cc1. The Hall–Kier alpha value is -1.53. The Morgan fingerprint density at radius 3 is 2.55 bits per heavy atom. The molecule has 1 N–H and O–H groups in total. The van der Waals surface area contributed by atoms with E-state index in [1.54, 1.807) is 0 Å². The zero-order valence-electron chi connectivity index (χ0n) is 12.5. The van der Waals surface area contributed by atoms with Crippen molar-refractivity contribution in [2.75, 3.05) is 13.2 Å². The number of rotatable bonds is 6. The van der Waals surface area contributed by atoms with Crippen molar-refractivity contribution in [3.63, 3.8) is 0 Å². The molecule has 108 valence electrons. The summed E-state index contributed by atoms with van der Waals surface area (Å²) in [5.41, 5.74) is 1.74. The number of hydrogen-bond acceptors (Lipinski definition) is 3. The molecule has 3 nitrogen and oxygen atoms in total. The second-order valence-electron chi connectivity index (χ2n) is 6.14. The lowest BCUT2D eigenvalue weighted by atomic mass is 9.88. The number of nitrogens with zero attached hydrogens (tertiary/aromatic N) is 1. The zero-order valence-corrected chi connectivity index (χ0v) is 12.5. The molecule has 0 bridgehead atoms. The predicted octanol–water partition coefficient (Wildman–Crippen LogP) is 3.82. The standard InChI is InChI=1S/C17H24N2O/c1-14(19-13-17(2)9-3-4-10-17)15-5-7-16(8-6-15)20-12-11-18/h5-8,14,19H,3-4,9-10,12-13H2,1-2H3. The van der Waals surface area contributed by atoms with Crippen LogP contribution in [0, 0.1) is 16.7 Å². The molecule has 3 heteroatoms. The molecule has 0 amide bonds. The normalized spacial score (nSPS) is 18.4. The Morgan fingerprint density at radius 1 is 1.30 bits per heavy atom. The van der Waals surface area contributed by atoms with Gasteiger partial charge in [-0.15, -0.1) is 0 Å². The lowest BCUT2D eigenvalue weighted by Gasteiger charge is -2.26. The molecule has 1 aromatic rings. The van der Waals surface area contributed by atoms with E-state index in [1.807, 2.05) is 18.2 Å². The van der Waals surface area contributed by atoms with Crippen LogP contribution in [0.1, 0.15) is 51.1 Å². The van der Waals surface area contributed by atoms with Gasteiger partial charge >= 0.3 is 0 Å². The Labute approximate surface area is 121 Å². The van der Waals surface area contributed by atoms with E-state index in [2.05, 4.69) is 31.3 Å². The summed E-state index contributed by atoms with van der Waals surface area (Å²) < 4.78 is 5.27. The summed E-state index contributed by atoms with van der Waals surface area (Å²) in [5, 5.41) is 12.1. The molecule has 1 aromatic carbocycles. The van der Waals surface area contributed by atoms with Crippen molar-refractivity contribution in [1.29, 1.82) is 5.26 Å². The topological polar surface area (TPSA) is 45.0 Å². The molecule has 0 aliphatic heterocycles. The van der Waals surface area contributed by atoms with Crippen LogP contribution in [-0.4, -0.2) is 13.2 Å². The van der Waals surface area contributed by atoms with Gasteiger partial charge in [0.15, 0.2) is 6.61 Å². The third kappa shape index (κ3) is 3.98. The van der Waals surface area contributed by atoms with Crippen molar-refractivity contribution in [3.8, 4) is 11.8 Å². The first kappa shape index (κ1) is 14.9. The van der Waals surface area contributed by atoms with E-state index in [4.69, 9.17) is 10.00 Å². The number of nitrogens with one attached hydrogen (secondary N) is 1. The number of hydrogen-bond donors (Lipinski definition) is 1. The van der Waals surface area contributed by atoms with E-state index in [1.165, 1.54) is 31.2 Å². The second kappa shape index (κ2) is 6.76. The van der Waals surface area contributed by atoms with Gasteiger partial charge in [-0.25, -0.2) is 0 Å². The highest BCUT2D eigenvalue weighted by Gasteiger charge is 2.28. The molecule has 1 saturated carbocycles. The summed E-state index contributed by atoms with van der Waals surface area (Å²) in [7, 11) is 0. The summed E-state index contributed by atoms with van der Waals surface area (Å²) >= 11 is 0. The maximum absolute atomic E-state index is 8.48. The van der Waals surface area contributed by atoms with Crippen LogP contribution < -0.4 is 10.1 Å². The number of benzene rings is 1. The Kier molecular flexibility index (Phi) is 5.03. The van der Waals surface area contributed by atoms with E-state index in [9.17, 15) is 0 Å². The van der Waals surface area contributed by atoms with Gasteiger partial charge in [-0.2, -0.15) is 5.26 Å². The van der Waals surface area contributed by atoms with E-state index < -0.39 is 0 Å². The van der Waals surface area contributed by atoms with Crippen molar-refractivity contribution in [2.24, 2.45) is 5.41 Å². The fraction of sp³-hybridized carbons (Fsp3) is 0.588. The molecule has 1 atom stereocenters. The molecule has 1 fully saturated rings. The van der Waals surface area contributed by atoms with Crippen LogP contribution in [0.4, 0.5) is 0 Å². The van der Waals surface area contributed by atoms with Gasteiger partial charge in [0.05, 0.1) is 0 Å². The van der Waals surface area contributed by atoms with Crippen molar-refractivity contribution >= 4 is 0 Å². The third-order valence-electron chi connectivity index (χ3n) is 4.33. The van der Waals surface area contributed by atoms with Crippen LogP contribution in [0.15, 0.2) is 24.3 Å². The molecule has 0 aromatic heterocycles. The van der Waals surface area contributed by atoms with Gasteiger partial charge in [-0.05, 0) is 42.9 Å². The molecule has 20 heavy (non-hydrogen) atoms. The van der Waals surface area contributed by atoms with Crippen molar-refractivity contribution in [1.82, 2.24) is 5.32 Å². The maximum atomic E-state index is 8.48. The molecular formula is C17H24N2O.